The molecule has 2 aliphatic carbocycles. The van der Waals surface area contributed by atoms with Crippen molar-refractivity contribution in [2.45, 2.75) is 39.0 Å². The van der Waals surface area contributed by atoms with Gasteiger partial charge in [-0.15, -0.1) is 0 Å². The van der Waals surface area contributed by atoms with Crippen molar-refractivity contribution in [3.05, 3.63) is 29.3 Å². The highest BCUT2D eigenvalue weighted by Crippen LogP contribution is 2.46. The Hall–Kier alpha value is -1.64. The molecule has 106 valence electrons. The van der Waals surface area contributed by atoms with Crippen LogP contribution in [0.25, 0.3) is 0 Å². The topological polar surface area (TPSA) is 43.4 Å². The molecule has 2 aliphatic rings. The number of methoxy groups -OCH3 is 1. The summed E-state index contributed by atoms with van der Waals surface area (Å²) in [6.45, 7) is 1.99. The number of ketones is 2. The summed E-state index contributed by atoms with van der Waals surface area (Å²) in [7, 11) is 1.58. The zero-order valence-electron chi connectivity index (χ0n) is 12.1. The van der Waals surface area contributed by atoms with Crippen LogP contribution in [0.3, 0.4) is 0 Å². The molecule has 0 bridgehead atoms. The van der Waals surface area contributed by atoms with Crippen LogP contribution < -0.4 is 4.74 Å². The van der Waals surface area contributed by atoms with E-state index in [1.54, 1.807) is 13.2 Å². The Morgan fingerprint density at radius 3 is 2.80 bits per heavy atom. The van der Waals surface area contributed by atoms with E-state index < -0.39 is 5.41 Å². The molecule has 20 heavy (non-hydrogen) atoms. The van der Waals surface area contributed by atoms with Crippen molar-refractivity contribution < 1.29 is 14.3 Å². The van der Waals surface area contributed by atoms with Gasteiger partial charge in [-0.3, -0.25) is 9.59 Å². The Kier molecular flexibility index (Phi) is 3.15. The smallest absolute Gasteiger partial charge is 0.229 e. The molecule has 1 fully saturated rings. The monoisotopic (exact) mass is 272 g/mol. The minimum absolute atomic E-state index is 0.200. The Balaban J connectivity index is 2.10. The molecule has 3 nitrogen and oxygen atoms in total. The molecule has 0 N–H and O–H groups in total. The number of carbonyl (C=O) groups excluding carboxylic acids is 2. The van der Waals surface area contributed by atoms with Crippen LogP contribution in [0, 0.1) is 11.3 Å². The molecular weight excluding hydrogens is 252 g/mol. The van der Waals surface area contributed by atoms with Crippen molar-refractivity contribution in [3.63, 3.8) is 0 Å². The fourth-order valence-corrected chi connectivity index (χ4v) is 3.75. The molecule has 0 amide bonds. The Morgan fingerprint density at radius 2 is 2.05 bits per heavy atom. The fourth-order valence-electron chi connectivity index (χ4n) is 3.75. The van der Waals surface area contributed by atoms with Gasteiger partial charge in [-0.25, -0.2) is 0 Å². The number of benzene rings is 1. The van der Waals surface area contributed by atoms with E-state index in [1.807, 2.05) is 19.1 Å². The van der Waals surface area contributed by atoms with Crippen molar-refractivity contribution in [1.82, 2.24) is 0 Å². The molecule has 1 aromatic rings. The summed E-state index contributed by atoms with van der Waals surface area (Å²) in [5.41, 5.74) is 1.08. The van der Waals surface area contributed by atoms with Gasteiger partial charge in [0.2, 0.25) is 11.6 Å². The van der Waals surface area contributed by atoms with E-state index in [1.165, 1.54) is 0 Å². The minimum atomic E-state index is -0.471. The zero-order chi connectivity index (χ0) is 14.3. The van der Waals surface area contributed by atoms with E-state index in [0.717, 1.165) is 37.7 Å². The van der Waals surface area contributed by atoms with Crippen LogP contribution in [0.1, 0.15) is 48.5 Å². The van der Waals surface area contributed by atoms with E-state index in [9.17, 15) is 9.59 Å². The van der Waals surface area contributed by atoms with Crippen molar-refractivity contribution in [1.29, 1.82) is 0 Å². The summed E-state index contributed by atoms with van der Waals surface area (Å²) in [4.78, 5) is 25.2. The molecule has 0 aromatic heterocycles. The van der Waals surface area contributed by atoms with Crippen molar-refractivity contribution in [3.8, 4) is 5.75 Å². The molecular formula is C17H20O3. The fraction of sp³-hybridized carbons (Fsp3) is 0.529. The van der Waals surface area contributed by atoms with Crippen LogP contribution in [0.4, 0.5) is 0 Å². The second-order valence-electron chi connectivity index (χ2n) is 6.25. The maximum Gasteiger partial charge on any atom is 0.229 e. The lowest BCUT2D eigenvalue weighted by atomic mass is 9.64. The van der Waals surface area contributed by atoms with Gasteiger partial charge in [0.05, 0.1) is 7.11 Å². The van der Waals surface area contributed by atoms with E-state index >= 15 is 0 Å². The average molecular weight is 272 g/mol. The molecule has 0 aliphatic heterocycles. The molecule has 0 saturated heterocycles. The lowest BCUT2D eigenvalue weighted by Crippen LogP contribution is -2.41. The van der Waals surface area contributed by atoms with Crippen molar-refractivity contribution in [2.24, 2.45) is 11.3 Å². The first kappa shape index (κ1) is 13.3. The number of Topliss-reactive ketones (excluding diaryl/α,β-unsaturated/α-hetero) is 2. The van der Waals surface area contributed by atoms with Crippen molar-refractivity contribution in [2.75, 3.05) is 7.11 Å². The second-order valence-corrected chi connectivity index (χ2v) is 6.25. The van der Waals surface area contributed by atoms with Crippen LogP contribution in [0.2, 0.25) is 0 Å². The molecule has 1 aromatic carbocycles. The van der Waals surface area contributed by atoms with Gasteiger partial charge in [0, 0.05) is 11.0 Å². The third-order valence-electron chi connectivity index (χ3n) is 5.15. The van der Waals surface area contributed by atoms with Crippen LogP contribution in [-0.2, 0) is 11.2 Å². The highest BCUT2D eigenvalue weighted by molar-refractivity contribution is 6.46. The minimum Gasteiger partial charge on any atom is -0.497 e. The zero-order valence-corrected chi connectivity index (χ0v) is 12.1. The summed E-state index contributed by atoms with van der Waals surface area (Å²) >= 11 is 0. The third kappa shape index (κ3) is 1.88. The number of hydrogen-bond acceptors (Lipinski definition) is 3. The van der Waals surface area contributed by atoms with Gasteiger partial charge in [-0.1, -0.05) is 25.8 Å². The number of ether oxygens (including phenoxy) is 1. The van der Waals surface area contributed by atoms with E-state index in [2.05, 4.69) is 0 Å². The third-order valence-corrected chi connectivity index (χ3v) is 5.15. The first-order valence-corrected chi connectivity index (χ1v) is 7.32. The summed E-state index contributed by atoms with van der Waals surface area (Å²) in [6.07, 6.45) is 4.92. The number of rotatable bonds is 1. The van der Waals surface area contributed by atoms with Gasteiger partial charge >= 0.3 is 0 Å². The van der Waals surface area contributed by atoms with Crippen molar-refractivity contribution >= 4 is 11.6 Å². The number of fused-ring (bicyclic) bond motifs is 2. The van der Waals surface area contributed by atoms with Crippen LogP contribution >= 0.6 is 0 Å². The van der Waals surface area contributed by atoms with Gasteiger partial charge < -0.3 is 4.74 Å². The standard InChI is InChI=1S/C17H20O3/c1-17-8-4-3-5-12(17)9-11-6-7-13(20-2)10-14(11)15(18)16(17)19/h6-7,10,12H,3-5,8-9H2,1-2H3/t12-,17+/m1/s1. The van der Waals surface area contributed by atoms with Crippen LogP contribution in [-0.4, -0.2) is 18.7 Å². The molecule has 0 unspecified atom stereocenters. The molecule has 3 rings (SSSR count). The Bertz CT molecular complexity index is 576. The van der Waals surface area contributed by atoms with Gasteiger partial charge in [0.1, 0.15) is 5.75 Å². The van der Waals surface area contributed by atoms with Gasteiger partial charge in [-0.2, -0.15) is 0 Å². The maximum atomic E-state index is 12.7. The summed E-state index contributed by atoms with van der Waals surface area (Å²) in [6, 6.07) is 5.54. The molecule has 0 radical (unpaired) electrons. The molecule has 2 atom stereocenters. The van der Waals surface area contributed by atoms with Crippen LogP contribution in [0.5, 0.6) is 5.75 Å². The second kappa shape index (κ2) is 4.72. The molecule has 0 heterocycles. The predicted octanol–water partition coefficient (Wildman–Crippen LogP) is 3.20. The Morgan fingerprint density at radius 1 is 1.25 bits per heavy atom. The highest BCUT2D eigenvalue weighted by Gasteiger charge is 2.48. The predicted molar refractivity (Wildman–Crippen MR) is 76.1 cm³/mol. The van der Waals surface area contributed by atoms with E-state index in [0.29, 0.717) is 17.2 Å². The normalized spacial score (nSPS) is 29.4. The summed E-state index contributed by atoms with van der Waals surface area (Å²) < 4.78 is 5.18. The molecule has 0 spiro atoms. The maximum absolute atomic E-state index is 12.7. The quantitative estimate of drug-likeness (QED) is 0.737. The largest absolute Gasteiger partial charge is 0.497 e. The van der Waals surface area contributed by atoms with Gasteiger partial charge in [-0.05, 0) is 42.9 Å². The first-order valence-electron chi connectivity index (χ1n) is 7.32. The lowest BCUT2D eigenvalue weighted by molar-refractivity contribution is -0.127. The SMILES string of the molecule is COc1ccc2c(c1)C(=O)C(=O)[C@@]1(C)CCCC[C@@H]1C2. The first-order chi connectivity index (χ1) is 9.56. The van der Waals surface area contributed by atoms with E-state index in [-0.39, 0.29) is 11.6 Å². The summed E-state index contributed by atoms with van der Waals surface area (Å²) in [5.74, 6) is 0.405. The van der Waals surface area contributed by atoms with E-state index in [4.69, 9.17) is 4.74 Å². The van der Waals surface area contributed by atoms with Gasteiger partial charge in [0.25, 0.3) is 0 Å². The number of carbonyl (C=O) groups is 2. The number of hydrogen-bond donors (Lipinski definition) is 0. The highest BCUT2D eigenvalue weighted by atomic mass is 16.5. The summed E-state index contributed by atoms with van der Waals surface area (Å²) in [5, 5.41) is 0. The molecule has 1 saturated carbocycles. The average Bonchev–Trinajstić information content (AvgIpc) is 2.55. The Labute approximate surface area is 119 Å². The lowest BCUT2D eigenvalue weighted by Gasteiger charge is -2.38. The van der Waals surface area contributed by atoms with Crippen LogP contribution in [0.15, 0.2) is 18.2 Å². The van der Waals surface area contributed by atoms with Gasteiger partial charge in [0.15, 0.2) is 0 Å². The molecule has 3 heteroatoms.